The van der Waals surface area contributed by atoms with E-state index in [0.717, 1.165) is 19.1 Å². The van der Waals surface area contributed by atoms with Crippen LogP contribution in [-0.2, 0) is 4.74 Å². The Morgan fingerprint density at radius 2 is 2.18 bits per heavy atom. The average molecular weight is 240 g/mol. The summed E-state index contributed by atoms with van der Waals surface area (Å²) in [5, 5.41) is 3.73. The van der Waals surface area contributed by atoms with Crippen molar-refractivity contribution < 1.29 is 4.74 Å². The SMILES string of the molecule is CCC1CN(C(C)COC)C(C)(C2CC2)CN1. The molecule has 0 amide bonds. The predicted octanol–water partition coefficient (Wildman–Crippen LogP) is 1.87. The van der Waals surface area contributed by atoms with Crippen molar-refractivity contribution in [2.24, 2.45) is 5.92 Å². The van der Waals surface area contributed by atoms with Gasteiger partial charge in [0.15, 0.2) is 0 Å². The van der Waals surface area contributed by atoms with Gasteiger partial charge in [-0.15, -0.1) is 0 Å². The maximum Gasteiger partial charge on any atom is 0.0615 e. The number of rotatable bonds is 5. The van der Waals surface area contributed by atoms with Gasteiger partial charge in [-0.3, -0.25) is 4.90 Å². The molecule has 0 aromatic heterocycles. The minimum Gasteiger partial charge on any atom is -0.383 e. The van der Waals surface area contributed by atoms with Gasteiger partial charge >= 0.3 is 0 Å². The summed E-state index contributed by atoms with van der Waals surface area (Å²) in [6.45, 7) is 10.2. The predicted molar refractivity (Wildman–Crippen MR) is 71.3 cm³/mol. The van der Waals surface area contributed by atoms with Crippen molar-refractivity contribution in [3.05, 3.63) is 0 Å². The molecule has 3 atom stereocenters. The molecule has 1 saturated carbocycles. The van der Waals surface area contributed by atoms with Crippen molar-refractivity contribution in [3.8, 4) is 0 Å². The first-order chi connectivity index (χ1) is 8.11. The molecule has 0 bridgehead atoms. The Kier molecular flexibility index (Phi) is 4.11. The largest absolute Gasteiger partial charge is 0.383 e. The molecule has 3 heteroatoms. The van der Waals surface area contributed by atoms with Crippen LogP contribution in [0.25, 0.3) is 0 Å². The van der Waals surface area contributed by atoms with E-state index in [-0.39, 0.29) is 0 Å². The smallest absolute Gasteiger partial charge is 0.0615 e. The lowest BCUT2D eigenvalue weighted by molar-refractivity contribution is -0.0218. The van der Waals surface area contributed by atoms with Crippen LogP contribution in [0, 0.1) is 5.92 Å². The van der Waals surface area contributed by atoms with Gasteiger partial charge in [-0.1, -0.05) is 6.92 Å². The Hall–Kier alpha value is -0.120. The van der Waals surface area contributed by atoms with E-state index in [1.807, 2.05) is 7.11 Å². The highest BCUT2D eigenvalue weighted by molar-refractivity contribution is 5.06. The monoisotopic (exact) mass is 240 g/mol. The van der Waals surface area contributed by atoms with Gasteiger partial charge in [0, 0.05) is 37.8 Å². The second-order valence-corrected chi connectivity index (χ2v) is 6.07. The van der Waals surface area contributed by atoms with Gasteiger partial charge < -0.3 is 10.1 Å². The van der Waals surface area contributed by atoms with Gasteiger partial charge in [0.05, 0.1) is 6.61 Å². The Bertz CT molecular complexity index is 255. The molecule has 1 aliphatic carbocycles. The highest BCUT2D eigenvalue weighted by Crippen LogP contribution is 2.44. The summed E-state index contributed by atoms with van der Waals surface area (Å²) in [6, 6.07) is 1.18. The van der Waals surface area contributed by atoms with Crippen LogP contribution in [-0.4, -0.2) is 49.3 Å². The third-order valence-electron chi connectivity index (χ3n) is 4.71. The third kappa shape index (κ3) is 2.67. The van der Waals surface area contributed by atoms with Crippen molar-refractivity contribution >= 4 is 0 Å². The summed E-state index contributed by atoms with van der Waals surface area (Å²) >= 11 is 0. The summed E-state index contributed by atoms with van der Waals surface area (Å²) in [6.07, 6.45) is 4.04. The molecule has 0 aromatic rings. The number of piperazine rings is 1. The number of nitrogens with one attached hydrogen (secondary N) is 1. The molecule has 0 spiro atoms. The molecule has 3 unspecified atom stereocenters. The minimum absolute atomic E-state index is 0.351. The van der Waals surface area contributed by atoms with Crippen LogP contribution in [0.15, 0.2) is 0 Å². The summed E-state index contributed by atoms with van der Waals surface area (Å²) in [5.41, 5.74) is 0.351. The van der Waals surface area contributed by atoms with Crippen molar-refractivity contribution in [2.75, 3.05) is 26.8 Å². The molecular weight excluding hydrogens is 212 g/mol. The van der Waals surface area contributed by atoms with Gasteiger partial charge in [-0.25, -0.2) is 0 Å². The Labute approximate surface area is 106 Å². The van der Waals surface area contributed by atoms with E-state index in [2.05, 4.69) is 31.0 Å². The van der Waals surface area contributed by atoms with E-state index in [0.29, 0.717) is 17.6 Å². The zero-order valence-corrected chi connectivity index (χ0v) is 11.8. The molecule has 2 rings (SSSR count). The lowest BCUT2D eigenvalue weighted by Gasteiger charge is -2.51. The Balaban J connectivity index is 2.08. The third-order valence-corrected chi connectivity index (χ3v) is 4.71. The van der Waals surface area contributed by atoms with Crippen molar-refractivity contribution in [1.29, 1.82) is 0 Å². The van der Waals surface area contributed by atoms with Crippen LogP contribution in [0.5, 0.6) is 0 Å². The first-order valence-corrected chi connectivity index (χ1v) is 7.11. The molecule has 1 aliphatic heterocycles. The van der Waals surface area contributed by atoms with Crippen LogP contribution in [0.3, 0.4) is 0 Å². The molecule has 1 saturated heterocycles. The lowest BCUT2D eigenvalue weighted by atomic mass is 9.87. The lowest BCUT2D eigenvalue weighted by Crippen LogP contribution is -2.67. The highest BCUT2D eigenvalue weighted by Gasteiger charge is 2.49. The van der Waals surface area contributed by atoms with E-state index in [1.165, 1.54) is 25.8 Å². The zero-order valence-electron chi connectivity index (χ0n) is 11.8. The number of methoxy groups -OCH3 is 1. The van der Waals surface area contributed by atoms with Gasteiger partial charge in [-0.05, 0) is 39.0 Å². The molecule has 2 fully saturated rings. The second kappa shape index (κ2) is 5.25. The molecule has 0 radical (unpaired) electrons. The van der Waals surface area contributed by atoms with E-state index in [1.54, 1.807) is 0 Å². The Morgan fingerprint density at radius 3 is 2.71 bits per heavy atom. The molecular formula is C14H28N2O. The topological polar surface area (TPSA) is 24.5 Å². The van der Waals surface area contributed by atoms with Crippen LogP contribution in [0.2, 0.25) is 0 Å². The number of nitrogens with zero attached hydrogens (tertiary/aromatic N) is 1. The molecule has 3 nitrogen and oxygen atoms in total. The van der Waals surface area contributed by atoms with Gasteiger partial charge in [0.2, 0.25) is 0 Å². The number of ether oxygens (including phenoxy) is 1. The first kappa shape index (κ1) is 13.3. The fourth-order valence-corrected chi connectivity index (χ4v) is 3.34. The Morgan fingerprint density at radius 1 is 1.47 bits per heavy atom. The zero-order chi connectivity index (χ0) is 12.5. The molecule has 17 heavy (non-hydrogen) atoms. The number of hydrogen-bond acceptors (Lipinski definition) is 3. The van der Waals surface area contributed by atoms with Crippen molar-refractivity contribution in [1.82, 2.24) is 10.2 Å². The van der Waals surface area contributed by atoms with Crippen molar-refractivity contribution in [2.45, 2.75) is 57.7 Å². The average Bonchev–Trinajstić information content (AvgIpc) is 3.14. The maximum atomic E-state index is 5.36. The van der Waals surface area contributed by atoms with Crippen LogP contribution in [0.4, 0.5) is 0 Å². The first-order valence-electron chi connectivity index (χ1n) is 7.11. The van der Waals surface area contributed by atoms with Gasteiger partial charge in [-0.2, -0.15) is 0 Å². The van der Waals surface area contributed by atoms with Gasteiger partial charge in [0.25, 0.3) is 0 Å². The van der Waals surface area contributed by atoms with Crippen LogP contribution < -0.4 is 5.32 Å². The summed E-state index contributed by atoms with van der Waals surface area (Å²) in [4.78, 5) is 2.71. The summed E-state index contributed by atoms with van der Waals surface area (Å²) in [7, 11) is 1.81. The van der Waals surface area contributed by atoms with E-state index < -0.39 is 0 Å². The van der Waals surface area contributed by atoms with E-state index in [4.69, 9.17) is 4.74 Å². The highest BCUT2D eigenvalue weighted by atomic mass is 16.5. The molecule has 1 heterocycles. The van der Waals surface area contributed by atoms with Crippen LogP contribution >= 0.6 is 0 Å². The van der Waals surface area contributed by atoms with Crippen molar-refractivity contribution in [3.63, 3.8) is 0 Å². The quantitative estimate of drug-likeness (QED) is 0.794. The van der Waals surface area contributed by atoms with E-state index >= 15 is 0 Å². The fourth-order valence-electron chi connectivity index (χ4n) is 3.34. The minimum atomic E-state index is 0.351. The fraction of sp³-hybridized carbons (Fsp3) is 1.00. The summed E-state index contributed by atoms with van der Waals surface area (Å²) < 4.78 is 5.36. The number of hydrogen-bond donors (Lipinski definition) is 1. The van der Waals surface area contributed by atoms with Gasteiger partial charge in [0.1, 0.15) is 0 Å². The second-order valence-electron chi connectivity index (χ2n) is 6.07. The molecule has 0 aromatic carbocycles. The molecule has 100 valence electrons. The van der Waals surface area contributed by atoms with E-state index in [9.17, 15) is 0 Å². The molecule has 1 N–H and O–H groups in total. The molecule has 2 aliphatic rings. The van der Waals surface area contributed by atoms with Crippen LogP contribution in [0.1, 0.15) is 40.0 Å². The summed E-state index contributed by atoms with van der Waals surface area (Å²) in [5.74, 6) is 0.895. The maximum absolute atomic E-state index is 5.36. The normalized spacial score (nSPS) is 37.1. The standard InChI is InChI=1S/C14H28N2O/c1-5-13-8-16(11(2)9-17-4)14(3,10-15-13)12-6-7-12/h11-13,15H,5-10H2,1-4H3.